The molecule has 0 radical (unpaired) electrons. The molecule has 3 aromatic rings. The Balaban J connectivity index is 1.59. The van der Waals surface area contributed by atoms with Crippen molar-refractivity contribution in [3.63, 3.8) is 0 Å². The maximum Gasteiger partial charge on any atom is 0.146 e. The summed E-state index contributed by atoms with van der Waals surface area (Å²) in [6, 6.07) is 16.1. The van der Waals surface area contributed by atoms with Crippen LogP contribution >= 0.6 is 0 Å². The van der Waals surface area contributed by atoms with Crippen molar-refractivity contribution in [3.8, 4) is 17.2 Å². The molecule has 0 spiro atoms. The van der Waals surface area contributed by atoms with E-state index >= 15 is 0 Å². The van der Waals surface area contributed by atoms with Crippen molar-refractivity contribution in [2.45, 2.75) is 26.4 Å². The summed E-state index contributed by atoms with van der Waals surface area (Å²) >= 11 is 0. The largest absolute Gasteiger partial charge is 0.497 e. The van der Waals surface area contributed by atoms with E-state index in [1.807, 2.05) is 30.3 Å². The van der Waals surface area contributed by atoms with Crippen LogP contribution in [0.2, 0.25) is 0 Å². The van der Waals surface area contributed by atoms with Gasteiger partial charge in [0, 0.05) is 24.5 Å². The molecule has 1 saturated heterocycles. The molecule has 1 fully saturated rings. The number of para-hydroxylation sites is 1. The molecule has 1 aliphatic heterocycles. The van der Waals surface area contributed by atoms with Crippen LogP contribution in [0, 0.1) is 5.92 Å². The van der Waals surface area contributed by atoms with Gasteiger partial charge in [0.1, 0.15) is 35.2 Å². The van der Waals surface area contributed by atoms with E-state index in [1.54, 1.807) is 14.2 Å². The van der Waals surface area contributed by atoms with Gasteiger partial charge in [0.2, 0.25) is 0 Å². The molecular formula is C24H28N2O3. The highest BCUT2D eigenvalue weighted by molar-refractivity contribution is 5.86. The molecule has 0 aliphatic carbocycles. The second-order valence-corrected chi connectivity index (χ2v) is 7.70. The molecule has 4 rings (SSSR count). The van der Waals surface area contributed by atoms with Gasteiger partial charge in [0.15, 0.2) is 0 Å². The number of fused-ring (bicyclic) bond motifs is 1. The van der Waals surface area contributed by atoms with Gasteiger partial charge < -0.3 is 19.1 Å². The van der Waals surface area contributed by atoms with E-state index in [0.717, 1.165) is 52.6 Å². The lowest BCUT2D eigenvalue weighted by molar-refractivity contribution is 0.307. The van der Waals surface area contributed by atoms with Crippen LogP contribution in [0.5, 0.6) is 17.2 Å². The van der Waals surface area contributed by atoms with Crippen LogP contribution < -0.4 is 19.1 Å². The van der Waals surface area contributed by atoms with E-state index in [-0.39, 0.29) is 0 Å². The standard InChI is InChI=1S/C24H28N2O3/c1-17-6-5-11-26(15-17)23-10-9-19-7-4-8-22(24(19)25-23)29-16-18-12-20(27-2)14-21(13-18)28-3/h4,7-10,12-14,17H,5-6,11,15-16H2,1-3H3/t17-/m1/s1. The first-order chi connectivity index (χ1) is 14.2. The summed E-state index contributed by atoms with van der Waals surface area (Å²) in [7, 11) is 3.30. The van der Waals surface area contributed by atoms with Crippen LogP contribution in [-0.4, -0.2) is 32.3 Å². The Morgan fingerprint density at radius 2 is 1.83 bits per heavy atom. The molecule has 5 nitrogen and oxygen atoms in total. The number of anilines is 1. The first-order valence-corrected chi connectivity index (χ1v) is 10.2. The Bertz CT molecular complexity index is 967. The average Bonchev–Trinajstić information content (AvgIpc) is 2.77. The predicted octanol–water partition coefficient (Wildman–Crippen LogP) is 5.07. The maximum atomic E-state index is 6.18. The van der Waals surface area contributed by atoms with E-state index in [0.29, 0.717) is 12.5 Å². The third-order valence-electron chi connectivity index (χ3n) is 5.46. The molecule has 0 N–H and O–H groups in total. The zero-order valence-corrected chi connectivity index (χ0v) is 17.4. The highest BCUT2D eigenvalue weighted by Gasteiger charge is 2.18. The zero-order valence-electron chi connectivity index (χ0n) is 17.4. The lowest BCUT2D eigenvalue weighted by atomic mass is 10.0. The molecule has 0 bridgehead atoms. The summed E-state index contributed by atoms with van der Waals surface area (Å²) in [6.45, 7) is 4.85. The van der Waals surface area contributed by atoms with Gasteiger partial charge in [-0.3, -0.25) is 0 Å². The van der Waals surface area contributed by atoms with Crippen molar-refractivity contribution >= 4 is 16.7 Å². The van der Waals surface area contributed by atoms with Gasteiger partial charge >= 0.3 is 0 Å². The summed E-state index contributed by atoms with van der Waals surface area (Å²) < 4.78 is 16.9. The van der Waals surface area contributed by atoms with Crippen LogP contribution in [-0.2, 0) is 6.61 Å². The van der Waals surface area contributed by atoms with E-state index in [4.69, 9.17) is 19.2 Å². The number of nitrogens with zero attached hydrogens (tertiary/aromatic N) is 2. The van der Waals surface area contributed by atoms with Crippen molar-refractivity contribution in [3.05, 3.63) is 54.1 Å². The first-order valence-electron chi connectivity index (χ1n) is 10.2. The second-order valence-electron chi connectivity index (χ2n) is 7.70. The highest BCUT2D eigenvalue weighted by atomic mass is 16.5. The Morgan fingerprint density at radius 3 is 2.55 bits per heavy atom. The monoisotopic (exact) mass is 392 g/mol. The first kappa shape index (κ1) is 19.4. The van der Waals surface area contributed by atoms with E-state index in [2.05, 4.69) is 30.0 Å². The maximum absolute atomic E-state index is 6.18. The molecule has 0 saturated carbocycles. The van der Waals surface area contributed by atoms with E-state index in [9.17, 15) is 0 Å². The smallest absolute Gasteiger partial charge is 0.146 e. The highest BCUT2D eigenvalue weighted by Crippen LogP contribution is 2.30. The number of rotatable bonds is 6. The molecule has 2 aromatic carbocycles. The van der Waals surface area contributed by atoms with E-state index < -0.39 is 0 Å². The normalized spacial score (nSPS) is 16.7. The quantitative estimate of drug-likeness (QED) is 0.586. The Hall–Kier alpha value is -2.95. The van der Waals surface area contributed by atoms with Crippen molar-refractivity contribution in [1.29, 1.82) is 0 Å². The zero-order chi connectivity index (χ0) is 20.2. The summed E-state index contributed by atoms with van der Waals surface area (Å²) in [6.07, 6.45) is 2.51. The second kappa shape index (κ2) is 8.60. The molecular weight excluding hydrogens is 364 g/mol. The van der Waals surface area contributed by atoms with Gasteiger partial charge in [-0.15, -0.1) is 0 Å². The van der Waals surface area contributed by atoms with Crippen LogP contribution in [0.1, 0.15) is 25.3 Å². The minimum atomic E-state index is 0.416. The van der Waals surface area contributed by atoms with Crippen LogP contribution in [0.25, 0.3) is 10.9 Å². The Morgan fingerprint density at radius 1 is 1.03 bits per heavy atom. The number of piperidine rings is 1. The molecule has 1 atom stereocenters. The predicted molar refractivity (Wildman–Crippen MR) is 116 cm³/mol. The minimum absolute atomic E-state index is 0.416. The summed E-state index contributed by atoms with van der Waals surface area (Å²) in [5.74, 6) is 4.02. The fourth-order valence-electron chi connectivity index (χ4n) is 3.91. The third kappa shape index (κ3) is 4.39. The van der Waals surface area contributed by atoms with Crippen LogP contribution in [0.4, 0.5) is 5.82 Å². The fraction of sp³-hybridized carbons (Fsp3) is 0.375. The summed E-state index contributed by atoms with van der Waals surface area (Å²) in [5.41, 5.74) is 1.89. The van der Waals surface area contributed by atoms with Crippen molar-refractivity contribution in [1.82, 2.24) is 4.98 Å². The number of hydrogen-bond donors (Lipinski definition) is 0. The van der Waals surface area contributed by atoms with Crippen molar-refractivity contribution < 1.29 is 14.2 Å². The van der Waals surface area contributed by atoms with Gasteiger partial charge in [-0.25, -0.2) is 4.98 Å². The van der Waals surface area contributed by atoms with Crippen LogP contribution in [0.15, 0.2) is 48.5 Å². The van der Waals surface area contributed by atoms with Gasteiger partial charge in [-0.2, -0.15) is 0 Å². The number of ether oxygens (including phenoxy) is 3. The average molecular weight is 392 g/mol. The summed E-state index contributed by atoms with van der Waals surface area (Å²) in [5, 5.41) is 1.08. The Kier molecular flexibility index (Phi) is 5.74. The number of pyridine rings is 1. The number of aromatic nitrogens is 1. The van der Waals surface area contributed by atoms with E-state index in [1.165, 1.54) is 12.8 Å². The number of hydrogen-bond acceptors (Lipinski definition) is 5. The topological polar surface area (TPSA) is 43.8 Å². The molecule has 2 heterocycles. The SMILES string of the molecule is COc1cc(COc2cccc3ccc(N4CCC[C@@H](C)C4)nc23)cc(OC)c1. The molecule has 1 aliphatic rings. The van der Waals surface area contributed by atoms with Crippen molar-refractivity contribution in [2.24, 2.45) is 5.92 Å². The molecule has 0 amide bonds. The lowest BCUT2D eigenvalue weighted by Crippen LogP contribution is -2.34. The van der Waals surface area contributed by atoms with Crippen LogP contribution in [0.3, 0.4) is 0 Å². The molecule has 1 aromatic heterocycles. The van der Waals surface area contributed by atoms with Gasteiger partial charge in [-0.1, -0.05) is 19.1 Å². The molecule has 29 heavy (non-hydrogen) atoms. The third-order valence-corrected chi connectivity index (χ3v) is 5.46. The van der Waals surface area contributed by atoms with Gasteiger partial charge in [0.05, 0.1) is 14.2 Å². The summed E-state index contributed by atoms with van der Waals surface area (Å²) in [4.78, 5) is 7.35. The lowest BCUT2D eigenvalue weighted by Gasteiger charge is -2.32. The number of methoxy groups -OCH3 is 2. The molecule has 0 unspecified atom stereocenters. The van der Waals surface area contributed by atoms with Gasteiger partial charge in [-0.05, 0) is 54.7 Å². The molecule has 5 heteroatoms. The number of benzene rings is 2. The van der Waals surface area contributed by atoms with Gasteiger partial charge in [0.25, 0.3) is 0 Å². The minimum Gasteiger partial charge on any atom is -0.497 e. The Labute approximate surface area is 172 Å². The fourth-order valence-corrected chi connectivity index (χ4v) is 3.91. The van der Waals surface area contributed by atoms with Crippen molar-refractivity contribution in [2.75, 3.05) is 32.2 Å². The molecule has 152 valence electrons.